The Bertz CT molecular complexity index is 621. The molecule has 24 heavy (non-hydrogen) atoms. The van der Waals surface area contributed by atoms with Gasteiger partial charge in [0.1, 0.15) is 0 Å². The smallest absolute Gasteiger partial charge is 0.319 e. The molecule has 5 nitrogen and oxygen atoms in total. The molecule has 2 aliphatic rings. The molecule has 0 bridgehead atoms. The molecule has 1 aliphatic carbocycles. The van der Waals surface area contributed by atoms with Gasteiger partial charge in [-0.25, -0.2) is 4.79 Å². The second-order valence-corrected chi connectivity index (χ2v) is 7.41. The molecule has 1 saturated heterocycles. The van der Waals surface area contributed by atoms with Crippen LogP contribution < -0.4 is 5.32 Å². The van der Waals surface area contributed by atoms with Crippen molar-refractivity contribution in [3.05, 3.63) is 12.4 Å². The number of amides is 2. The number of carbonyl (C=O) groups excluding carboxylic acids is 1. The fourth-order valence-electron chi connectivity index (χ4n) is 3.63. The van der Waals surface area contributed by atoms with E-state index in [1.165, 1.54) is 31.6 Å². The summed E-state index contributed by atoms with van der Waals surface area (Å²) in [5, 5.41) is 6.93. The molecule has 0 spiro atoms. The third kappa shape index (κ3) is 3.10. The van der Waals surface area contributed by atoms with E-state index >= 15 is 0 Å². The predicted molar refractivity (Wildman–Crippen MR) is 83.6 cm³/mol. The zero-order valence-electron chi connectivity index (χ0n) is 14.1. The maximum atomic E-state index is 13.1. The fourth-order valence-corrected chi connectivity index (χ4v) is 3.63. The minimum atomic E-state index is -4.30. The number of carbonyl (C=O) groups is 1. The highest BCUT2D eigenvalue weighted by molar-refractivity contribution is 5.89. The van der Waals surface area contributed by atoms with Gasteiger partial charge in [0.2, 0.25) is 0 Å². The first-order valence-corrected chi connectivity index (χ1v) is 8.30. The van der Waals surface area contributed by atoms with Gasteiger partial charge in [0.15, 0.2) is 0 Å². The van der Waals surface area contributed by atoms with Crippen molar-refractivity contribution in [3.8, 4) is 0 Å². The lowest BCUT2D eigenvalue weighted by molar-refractivity contribution is -0.189. The normalized spacial score (nSPS) is 24.9. The number of nitrogens with one attached hydrogen (secondary N) is 1. The van der Waals surface area contributed by atoms with Gasteiger partial charge in [-0.1, -0.05) is 0 Å². The molecule has 1 aromatic heterocycles. The Morgan fingerprint density at radius 3 is 2.58 bits per heavy atom. The maximum absolute atomic E-state index is 13.1. The van der Waals surface area contributed by atoms with Crippen molar-refractivity contribution in [1.29, 1.82) is 0 Å². The Kier molecular flexibility index (Phi) is 4.04. The van der Waals surface area contributed by atoms with Crippen molar-refractivity contribution in [1.82, 2.24) is 14.7 Å². The molecule has 0 unspecified atom stereocenters. The second kappa shape index (κ2) is 5.67. The standard InChI is InChI=1S/C16H23F3N4O/c1-10(11-4-5-11)23-9-12(8-20-23)21-14(24)22-7-6-13(15(22,2)3)16(17,18)19/h8-11,13H,4-7H2,1-3H3,(H,21,24)/t10-,13-/m0/s1. The van der Waals surface area contributed by atoms with Crippen LogP contribution in [0.15, 0.2) is 12.4 Å². The third-order valence-corrected chi connectivity index (χ3v) is 5.40. The molecule has 1 aliphatic heterocycles. The Hall–Kier alpha value is -1.73. The van der Waals surface area contributed by atoms with Crippen molar-refractivity contribution >= 4 is 11.7 Å². The van der Waals surface area contributed by atoms with E-state index in [1.807, 2.05) is 0 Å². The molecule has 3 rings (SSSR count). The van der Waals surface area contributed by atoms with Gasteiger partial charge in [-0.05, 0) is 46.0 Å². The zero-order valence-corrected chi connectivity index (χ0v) is 14.1. The molecule has 0 aromatic carbocycles. The molecule has 2 fully saturated rings. The molecule has 1 saturated carbocycles. The van der Waals surface area contributed by atoms with Crippen LogP contribution in [0, 0.1) is 11.8 Å². The van der Waals surface area contributed by atoms with Crippen LogP contribution in [0.25, 0.3) is 0 Å². The Balaban J connectivity index is 1.67. The molecular weight excluding hydrogens is 321 g/mol. The van der Waals surface area contributed by atoms with Gasteiger partial charge >= 0.3 is 12.2 Å². The minimum Gasteiger partial charge on any atom is -0.319 e. The number of anilines is 1. The van der Waals surface area contributed by atoms with Crippen LogP contribution in [-0.4, -0.2) is 39.0 Å². The summed E-state index contributed by atoms with van der Waals surface area (Å²) in [6.45, 7) is 5.11. The summed E-state index contributed by atoms with van der Waals surface area (Å²) in [5.41, 5.74) is -0.752. The van der Waals surface area contributed by atoms with Crippen LogP contribution in [0.3, 0.4) is 0 Å². The Morgan fingerprint density at radius 1 is 1.38 bits per heavy atom. The van der Waals surface area contributed by atoms with Gasteiger partial charge in [-0.3, -0.25) is 4.68 Å². The number of halogens is 3. The Morgan fingerprint density at radius 2 is 2.04 bits per heavy atom. The maximum Gasteiger partial charge on any atom is 0.394 e. The van der Waals surface area contributed by atoms with Crippen molar-refractivity contribution in [2.24, 2.45) is 11.8 Å². The van der Waals surface area contributed by atoms with E-state index < -0.39 is 23.7 Å². The van der Waals surface area contributed by atoms with Crippen LogP contribution in [0.2, 0.25) is 0 Å². The summed E-state index contributed by atoms with van der Waals surface area (Å²) in [5.74, 6) is -0.883. The lowest BCUT2D eigenvalue weighted by Crippen LogP contribution is -2.51. The highest BCUT2D eigenvalue weighted by atomic mass is 19.4. The number of alkyl halides is 3. The van der Waals surface area contributed by atoms with Crippen molar-refractivity contribution in [2.45, 2.75) is 57.8 Å². The van der Waals surface area contributed by atoms with Crippen molar-refractivity contribution in [3.63, 3.8) is 0 Å². The molecule has 2 amide bonds. The number of hydrogen-bond acceptors (Lipinski definition) is 2. The molecule has 1 N–H and O–H groups in total. The number of aromatic nitrogens is 2. The summed E-state index contributed by atoms with van der Waals surface area (Å²) in [7, 11) is 0. The topological polar surface area (TPSA) is 50.2 Å². The van der Waals surface area contributed by atoms with E-state index in [9.17, 15) is 18.0 Å². The number of nitrogens with zero attached hydrogens (tertiary/aromatic N) is 3. The quantitative estimate of drug-likeness (QED) is 0.899. The van der Waals surface area contributed by atoms with E-state index in [4.69, 9.17) is 0 Å². The predicted octanol–water partition coefficient (Wildman–Crippen LogP) is 4.05. The van der Waals surface area contributed by atoms with Crippen molar-refractivity contribution in [2.75, 3.05) is 11.9 Å². The average Bonchev–Trinajstić information content (AvgIpc) is 3.11. The fraction of sp³-hybridized carbons (Fsp3) is 0.750. The van der Waals surface area contributed by atoms with Gasteiger partial charge in [-0.2, -0.15) is 18.3 Å². The lowest BCUT2D eigenvalue weighted by atomic mass is 9.88. The molecule has 1 aromatic rings. The van der Waals surface area contributed by atoms with E-state index in [0.717, 1.165) is 0 Å². The van der Waals surface area contributed by atoms with Crippen LogP contribution >= 0.6 is 0 Å². The molecule has 134 valence electrons. The SMILES string of the molecule is C[C@@H](C1CC1)n1cc(NC(=O)N2CC[C@H](C(F)(F)F)C2(C)C)cn1. The number of rotatable bonds is 3. The van der Waals surface area contributed by atoms with E-state index in [-0.39, 0.29) is 19.0 Å². The highest BCUT2D eigenvalue weighted by Gasteiger charge is 2.56. The van der Waals surface area contributed by atoms with Gasteiger partial charge in [0.05, 0.1) is 29.4 Å². The molecule has 8 heteroatoms. The monoisotopic (exact) mass is 344 g/mol. The average molecular weight is 344 g/mol. The van der Waals surface area contributed by atoms with Crippen LogP contribution in [0.1, 0.15) is 46.1 Å². The molecule has 0 radical (unpaired) electrons. The second-order valence-electron chi connectivity index (χ2n) is 7.41. The summed E-state index contributed by atoms with van der Waals surface area (Å²) in [4.78, 5) is 13.7. The Labute approximate surface area is 139 Å². The van der Waals surface area contributed by atoms with Gasteiger partial charge in [-0.15, -0.1) is 0 Å². The molecular formula is C16H23F3N4O. The summed E-state index contributed by atoms with van der Waals surface area (Å²) in [6, 6.07) is -0.237. The van der Waals surface area contributed by atoms with Gasteiger partial charge in [0, 0.05) is 12.7 Å². The number of likely N-dealkylation sites (tertiary alicyclic amines) is 1. The zero-order chi connectivity index (χ0) is 17.7. The number of hydrogen-bond donors (Lipinski definition) is 1. The van der Waals surface area contributed by atoms with Crippen LogP contribution in [0.5, 0.6) is 0 Å². The van der Waals surface area contributed by atoms with Crippen LogP contribution in [0.4, 0.5) is 23.7 Å². The van der Waals surface area contributed by atoms with E-state index in [2.05, 4.69) is 17.3 Å². The highest BCUT2D eigenvalue weighted by Crippen LogP contribution is 2.45. The van der Waals surface area contributed by atoms with Crippen LogP contribution in [-0.2, 0) is 0 Å². The third-order valence-electron chi connectivity index (χ3n) is 5.40. The number of urea groups is 1. The molecule has 2 heterocycles. The lowest BCUT2D eigenvalue weighted by Gasteiger charge is -2.36. The van der Waals surface area contributed by atoms with Gasteiger partial charge < -0.3 is 10.2 Å². The summed E-state index contributed by atoms with van der Waals surface area (Å²) < 4.78 is 41.2. The molecule has 2 atom stereocenters. The minimum absolute atomic E-state index is 0.0676. The van der Waals surface area contributed by atoms with E-state index in [1.54, 1.807) is 17.1 Å². The first-order chi connectivity index (χ1) is 11.1. The largest absolute Gasteiger partial charge is 0.394 e. The summed E-state index contributed by atoms with van der Waals surface area (Å²) in [6.07, 6.45) is 1.28. The van der Waals surface area contributed by atoms with Gasteiger partial charge in [0.25, 0.3) is 0 Å². The summed E-state index contributed by atoms with van der Waals surface area (Å²) >= 11 is 0. The van der Waals surface area contributed by atoms with E-state index in [0.29, 0.717) is 11.6 Å². The first kappa shape index (κ1) is 17.1. The first-order valence-electron chi connectivity index (χ1n) is 8.30. The van der Waals surface area contributed by atoms with Crippen molar-refractivity contribution < 1.29 is 18.0 Å².